The van der Waals surface area contributed by atoms with E-state index in [0.717, 1.165) is 12.0 Å². The first kappa shape index (κ1) is 22.3. The molecule has 0 unspecified atom stereocenters. The average Bonchev–Trinajstić information content (AvgIpc) is 3.02. The zero-order valence-corrected chi connectivity index (χ0v) is 18.8. The molecule has 3 amide bonds. The molecule has 2 fully saturated rings. The summed E-state index contributed by atoms with van der Waals surface area (Å²) in [4.78, 5) is 42.4. The molecule has 0 bridgehead atoms. The highest BCUT2D eigenvalue weighted by molar-refractivity contribution is 8.26. The van der Waals surface area contributed by atoms with Crippen LogP contribution < -0.4 is 0 Å². The molecule has 0 spiro atoms. The third-order valence-corrected chi connectivity index (χ3v) is 6.39. The lowest BCUT2D eigenvalue weighted by atomic mass is 10.1. The highest BCUT2D eigenvalue weighted by Crippen LogP contribution is 2.32. The lowest BCUT2D eigenvalue weighted by Gasteiger charge is -2.34. The van der Waals surface area contributed by atoms with Crippen LogP contribution in [-0.4, -0.2) is 76.3 Å². The van der Waals surface area contributed by atoms with Gasteiger partial charge < -0.3 is 14.5 Å². The Hall–Kier alpha value is -2.39. The van der Waals surface area contributed by atoms with Gasteiger partial charge in [-0.2, -0.15) is 0 Å². The molecule has 7 nitrogen and oxygen atoms in total. The Morgan fingerprint density at radius 3 is 2.33 bits per heavy atom. The summed E-state index contributed by atoms with van der Waals surface area (Å²) in [7, 11) is 0. The topological polar surface area (TPSA) is 70.2 Å². The molecule has 0 aliphatic carbocycles. The van der Waals surface area contributed by atoms with Gasteiger partial charge in [0.05, 0.1) is 11.5 Å². The summed E-state index contributed by atoms with van der Waals surface area (Å²) in [6.45, 7) is 5.73. The van der Waals surface area contributed by atoms with E-state index in [1.807, 2.05) is 24.3 Å². The molecule has 30 heavy (non-hydrogen) atoms. The first-order valence-electron chi connectivity index (χ1n) is 9.96. The van der Waals surface area contributed by atoms with Gasteiger partial charge in [-0.15, -0.1) is 0 Å². The molecule has 3 rings (SSSR count). The zero-order valence-electron chi connectivity index (χ0n) is 17.1. The highest BCUT2D eigenvalue weighted by atomic mass is 32.2. The second-order valence-electron chi connectivity index (χ2n) is 6.93. The number of thiocarbonyl (C=S) groups is 1. The van der Waals surface area contributed by atoms with Gasteiger partial charge in [0.25, 0.3) is 5.91 Å². The van der Waals surface area contributed by atoms with E-state index in [2.05, 4.69) is 6.92 Å². The fraction of sp³-hybridized carbons (Fsp3) is 0.429. The van der Waals surface area contributed by atoms with Gasteiger partial charge in [-0.3, -0.25) is 14.5 Å². The summed E-state index contributed by atoms with van der Waals surface area (Å²) in [6.07, 6.45) is 2.40. The van der Waals surface area contributed by atoms with E-state index in [0.29, 0.717) is 42.0 Å². The van der Waals surface area contributed by atoms with Gasteiger partial charge in [0, 0.05) is 26.2 Å². The smallest absolute Gasteiger partial charge is 0.409 e. The van der Waals surface area contributed by atoms with Crippen LogP contribution in [0.4, 0.5) is 4.79 Å². The quantitative estimate of drug-likeness (QED) is 0.511. The van der Waals surface area contributed by atoms with Crippen LogP contribution >= 0.6 is 24.0 Å². The largest absolute Gasteiger partial charge is 0.450 e. The molecule has 1 aromatic carbocycles. The molecule has 9 heteroatoms. The average molecular weight is 448 g/mol. The monoisotopic (exact) mass is 447 g/mol. The molecule has 2 aliphatic rings. The van der Waals surface area contributed by atoms with Crippen molar-refractivity contribution in [1.82, 2.24) is 14.7 Å². The Kier molecular flexibility index (Phi) is 7.49. The van der Waals surface area contributed by atoms with Crippen molar-refractivity contribution in [3.63, 3.8) is 0 Å². The Morgan fingerprint density at radius 2 is 1.73 bits per heavy atom. The Morgan fingerprint density at radius 1 is 1.10 bits per heavy atom. The Bertz CT molecular complexity index is 862. The predicted molar refractivity (Wildman–Crippen MR) is 121 cm³/mol. The number of ether oxygens (including phenoxy) is 1. The summed E-state index contributed by atoms with van der Waals surface area (Å²) in [6, 6.07) is 8.01. The van der Waals surface area contributed by atoms with E-state index in [9.17, 15) is 14.4 Å². The van der Waals surface area contributed by atoms with Crippen molar-refractivity contribution in [2.24, 2.45) is 0 Å². The fourth-order valence-corrected chi connectivity index (χ4v) is 4.48. The van der Waals surface area contributed by atoms with E-state index in [4.69, 9.17) is 17.0 Å². The highest BCUT2D eigenvalue weighted by Gasteiger charge is 2.35. The fourth-order valence-electron chi connectivity index (χ4n) is 3.23. The minimum absolute atomic E-state index is 0.0871. The maximum Gasteiger partial charge on any atom is 0.409 e. The standard InChI is InChI=1S/C21H25N3O4S2/c1-3-15-5-7-16(8-6-15)13-17-19(26)24(21(29)30-17)14-18(25)22-9-11-23(12-10-22)20(27)28-4-2/h5-8,13H,3-4,9-12,14H2,1-2H3/b17-13+. The molecule has 2 saturated heterocycles. The Labute approximate surface area is 186 Å². The van der Waals surface area contributed by atoms with Crippen molar-refractivity contribution in [3.05, 3.63) is 40.3 Å². The van der Waals surface area contributed by atoms with Gasteiger partial charge in [0.2, 0.25) is 5.91 Å². The van der Waals surface area contributed by atoms with E-state index >= 15 is 0 Å². The second kappa shape index (κ2) is 10.1. The van der Waals surface area contributed by atoms with Crippen molar-refractivity contribution < 1.29 is 19.1 Å². The summed E-state index contributed by atoms with van der Waals surface area (Å²) in [5.41, 5.74) is 2.16. The number of carbonyl (C=O) groups excluding carboxylic acids is 3. The van der Waals surface area contributed by atoms with Crippen molar-refractivity contribution in [1.29, 1.82) is 0 Å². The van der Waals surface area contributed by atoms with Gasteiger partial charge in [0.1, 0.15) is 10.9 Å². The maximum absolute atomic E-state index is 12.8. The molecule has 0 N–H and O–H groups in total. The van der Waals surface area contributed by atoms with Crippen LogP contribution in [0.2, 0.25) is 0 Å². The van der Waals surface area contributed by atoms with Crippen LogP contribution in [0.3, 0.4) is 0 Å². The van der Waals surface area contributed by atoms with Crippen LogP contribution in [0.5, 0.6) is 0 Å². The van der Waals surface area contributed by atoms with Crippen molar-refractivity contribution in [3.8, 4) is 0 Å². The maximum atomic E-state index is 12.8. The third-order valence-electron chi connectivity index (χ3n) is 5.01. The van der Waals surface area contributed by atoms with Gasteiger partial charge in [-0.1, -0.05) is 55.2 Å². The summed E-state index contributed by atoms with van der Waals surface area (Å²) >= 11 is 6.55. The van der Waals surface area contributed by atoms with Crippen LogP contribution in [-0.2, 0) is 20.7 Å². The number of hydrogen-bond donors (Lipinski definition) is 0. The van der Waals surface area contributed by atoms with E-state index < -0.39 is 0 Å². The van der Waals surface area contributed by atoms with Gasteiger partial charge in [-0.25, -0.2) is 4.79 Å². The minimum Gasteiger partial charge on any atom is -0.450 e. The number of amides is 3. The minimum atomic E-state index is -0.362. The van der Waals surface area contributed by atoms with Gasteiger partial charge in [0.15, 0.2) is 0 Å². The van der Waals surface area contributed by atoms with Crippen LogP contribution in [0.25, 0.3) is 6.08 Å². The van der Waals surface area contributed by atoms with Crippen LogP contribution in [0.1, 0.15) is 25.0 Å². The van der Waals surface area contributed by atoms with Crippen molar-refractivity contribution in [2.45, 2.75) is 20.3 Å². The third kappa shape index (κ3) is 5.20. The predicted octanol–water partition coefficient (Wildman–Crippen LogP) is 2.75. The molecule has 2 aliphatic heterocycles. The Balaban J connectivity index is 1.58. The number of thioether (sulfide) groups is 1. The van der Waals surface area contributed by atoms with E-state index in [-0.39, 0.29) is 24.5 Å². The lowest BCUT2D eigenvalue weighted by molar-refractivity contribution is -0.136. The lowest BCUT2D eigenvalue weighted by Crippen LogP contribution is -2.53. The van der Waals surface area contributed by atoms with Crippen LogP contribution in [0.15, 0.2) is 29.2 Å². The zero-order chi connectivity index (χ0) is 21.7. The van der Waals surface area contributed by atoms with Crippen molar-refractivity contribution in [2.75, 3.05) is 39.3 Å². The van der Waals surface area contributed by atoms with Gasteiger partial charge >= 0.3 is 6.09 Å². The first-order chi connectivity index (χ1) is 14.4. The molecular weight excluding hydrogens is 422 g/mol. The number of benzene rings is 1. The number of piperazine rings is 1. The summed E-state index contributed by atoms with van der Waals surface area (Å²) in [5, 5.41) is 0. The normalized spacial score (nSPS) is 18.3. The molecule has 2 heterocycles. The molecule has 0 aromatic heterocycles. The van der Waals surface area contributed by atoms with Crippen molar-refractivity contribution >= 4 is 52.3 Å². The number of aryl methyl sites for hydroxylation is 1. The summed E-state index contributed by atoms with van der Waals surface area (Å²) in [5.74, 6) is -0.425. The first-order valence-corrected chi connectivity index (χ1v) is 11.2. The second-order valence-corrected chi connectivity index (χ2v) is 8.61. The molecule has 160 valence electrons. The number of nitrogens with zero attached hydrogens (tertiary/aromatic N) is 3. The molecule has 0 saturated carbocycles. The molecule has 0 atom stereocenters. The SMILES string of the molecule is CCOC(=O)N1CCN(C(=O)CN2C(=O)/C(=C\c3ccc(CC)cc3)SC2=S)CC1. The molecular formula is C21H25N3O4S2. The van der Waals surface area contributed by atoms with E-state index in [1.54, 1.807) is 22.8 Å². The van der Waals surface area contributed by atoms with Crippen LogP contribution in [0, 0.1) is 0 Å². The number of hydrogen-bond acceptors (Lipinski definition) is 6. The molecule has 1 aromatic rings. The summed E-state index contributed by atoms with van der Waals surface area (Å²) < 4.78 is 5.38. The van der Waals surface area contributed by atoms with Gasteiger partial charge in [-0.05, 0) is 30.5 Å². The van der Waals surface area contributed by atoms with E-state index in [1.165, 1.54) is 22.2 Å². The number of rotatable bonds is 5. The molecule has 0 radical (unpaired) electrons. The number of carbonyl (C=O) groups is 3.